The molecule has 0 radical (unpaired) electrons. The first-order chi connectivity index (χ1) is 10.2. The van der Waals surface area contributed by atoms with Crippen LogP contribution in [-0.2, 0) is 4.79 Å². The molecule has 0 atom stereocenters. The highest BCUT2D eigenvalue weighted by atomic mass is 16.5. The standard InChI is InChI=1S/C16H24N2O3/c1-20-13-8-9-14(17)15(10-13)21-11-16(19)18-12-6-4-2-3-5-7-12/h8-10,12H,2-7,11,17H2,1H3,(H,18,19). The molecule has 0 aromatic heterocycles. The fourth-order valence-corrected chi connectivity index (χ4v) is 2.60. The maximum absolute atomic E-state index is 12.0. The van der Waals surface area contributed by atoms with E-state index in [4.69, 9.17) is 15.2 Å². The molecule has 0 heterocycles. The lowest BCUT2D eigenvalue weighted by Gasteiger charge is -2.17. The van der Waals surface area contributed by atoms with E-state index in [2.05, 4.69) is 5.32 Å². The number of carbonyl (C=O) groups excluding carboxylic acids is 1. The van der Waals surface area contributed by atoms with E-state index in [1.807, 2.05) is 0 Å². The number of nitrogens with one attached hydrogen (secondary N) is 1. The summed E-state index contributed by atoms with van der Waals surface area (Å²) < 4.78 is 10.6. The first-order valence-corrected chi connectivity index (χ1v) is 7.54. The highest BCUT2D eigenvalue weighted by Crippen LogP contribution is 2.26. The molecule has 0 bridgehead atoms. The van der Waals surface area contributed by atoms with Crippen LogP contribution in [0.3, 0.4) is 0 Å². The summed E-state index contributed by atoms with van der Waals surface area (Å²) in [6, 6.07) is 5.44. The Morgan fingerprint density at radius 2 is 2.00 bits per heavy atom. The van der Waals surface area contributed by atoms with E-state index >= 15 is 0 Å². The van der Waals surface area contributed by atoms with Crippen molar-refractivity contribution in [3.05, 3.63) is 18.2 Å². The van der Waals surface area contributed by atoms with E-state index in [1.165, 1.54) is 25.7 Å². The number of hydrogen-bond donors (Lipinski definition) is 2. The first kappa shape index (κ1) is 15.5. The molecule has 1 aromatic rings. The van der Waals surface area contributed by atoms with Crippen LogP contribution in [0.25, 0.3) is 0 Å². The van der Waals surface area contributed by atoms with Crippen LogP contribution in [-0.4, -0.2) is 25.7 Å². The summed E-state index contributed by atoms with van der Waals surface area (Å²) >= 11 is 0. The number of carbonyl (C=O) groups is 1. The summed E-state index contributed by atoms with van der Waals surface area (Å²) in [5, 5.41) is 3.04. The lowest BCUT2D eigenvalue weighted by molar-refractivity contribution is -0.123. The highest BCUT2D eigenvalue weighted by molar-refractivity contribution is 5.78. The number of anilines is 1. The summed E-state index contributed by atoms with van der Waals surface area (Å²) in [4.78, 5) is 12.0. The average molecular weight is 292 g/mol. The quantitative estimate of drug-likeness (QED) is 0.646. The molecule has 1 amide bonds. The van der Waals surface area contributed by atoms with Gasteiger partial charge in [-0.3, -0.25) is 4.79 Å². The van der Waals surface area contributed by atoms with Gasteiger partial charge in [-0.1, -0.05) is 25.7 Å². The van der Waals surface area contributed by atoms with Crippen molar-refractivity contribution in [1.82, 2.24) is 5.32 Å². The fourth-order valence-electron chi connectivity index (χ4n) is 2.60. The summed E-state index contributed by atoms with van der Waals surface area (Å²) in [6.07, 6.45) is 7.04. The zero-order chi connectivity index (χ0) is 15.1. The van der Waals surface area contributed by atoms with Crippen LogP contribution in [0.2, 0.25) is 0 Å². The molecule has 1 aliphatic rings. The Morgan fingerprint density at radius 3 is 2.67 bits per heavy atom. The van der Waals surface area contributed by atoms with Gasteiger partial charge in [-0.05, 0) is 25.0 Å². The molecule has 0 spiro atoms. The molecule has 5 nitrogen and oxygen atoms in total. The molecule has 1 saturated carbocycles. The second-order valence-corrected chi connectivity index (χ2v) is 5.45. The van der Waals surface area contributed by atoms with Crippen LogP contribution in [0.5, 0.6) is 11.5 Å². The largest absolute Gasteiger partial charge is 0.497 e. The predicted octanol–water partition coefficient (Wildman–Crippen LogP) is 2.50. The van der Waals surface area contributed by atoms with E-state index in [-0.39, 0.29) is 18.6 Å². The van der Waals surface area contributed by atoms with Crippen LogP contribution >= 0.6 is 0 Å². The zero-order valence-corrected chi connectivity index (χ0v) is 12.6. The topological polar surface area (TPSA) is 73.6 Å². The Balaban J connectivity index is 1.83. The Bertz CT molecular complexity index is 469. The van der Waals surface area contributed by atoms with Gasteiger partial charge in [-0.2, -0.15) is 0 Å². The van der Waals surface area contributed by atoms with Gasteiger partial charge in [0.05, 0.1) is 12.8 Å². The predicted molar refractivity (Wildman–Crippen MR) is 82.5 cm³/mol. The summed E-state index contributed by atoms with van der Waals surface area (Å²) in [5.41, 5.74) is 6.32. The molecule has 116 valence electrons. The lowest BCUT2D eigenvalue weighted by Crippen LogP contribution is -2.37. The molecule has 0 saturated heterocycles. The van der Waals surface area contributed by atoms with E-state index in [0.717, 1.165) is 12.8 Å². The van der Waals surface area contributed by atoms with Crippen LogP contribution in [0.15, 0.2) is 18.2 Å². The summed E-state index contributed by atoms with van der Waals surface area (Å²) in [5.74, 6) is 1.04. The highest BCUT2D eigenvalue weighted by Gasteiger charge is 2.15. The van der Waals surface area contributed by atoms with Crippen LogP contribution < -0.4 is 20.5 Å². The molecule has 0 aliphatic heterocycles. The van der Waals surface area contributed by atoms with Gasteiger partial charge in [-0.15, -0.1) is 0 Å². The minimum absolute atomic E-state index is 0.0200. The Kier molecular flexibility index (Phi) is 5.72. The van der Waals surface area contributed by atoms with Crippen LogP contribution in [0, 0.1) is 0 Å². The number of amides is 1. The molecule has 5 heteroatoms. The van der Waals surface area contributed by atoms with Crippen molar-refractivity contribution in [2.45, 2.75) is 44.6 Å². The molecular weight excluding hydrogens is 268 g/mol. The van der Waals surface area contributed by atoms with Gasteiger partial charge < -0.3 is 20.5 Å². The first-order valence-electron chi connectivity index (χ1n) is 7.54. The van der Waals surface area contributed by atoms with Crippen LogP contribution in [0.1, 0.15) is 38.5 Å². The molecule has 21 heavy (non-hydrogen) atoms. The number of ether oxygens (including phenoxy) is 2. The van der Waals surface area contributed by atoms with Crippen molar-refractivity contribution >= 4 is 11.6 Å². The van der Waals surface area contributed by atoms with Gasteiger partial charge in [-0.25, -0.2) is 0 Å². The average Bonchev–Trinajstić information content (AvgIpc) is 2.75. The van der Waals surface area contributed by atoms with Crippen molar-refractivity contribution in [3.63, 3.8) is 0 Å². The van der Waals surface area contributed by atoms with Crippen LogP contribution in [0.4, 0.5) is 5.69 Å². The van der Waals surface area contributed by atoms with Gasteiger partial charge in [0.25, 0.3) is 5.91 Å². The Morgan fingerprint density at radius 1 is 1.29 bits per heavy atom. The molecular formula is C16H24N2O3. The molecule has 1 aromatic carbocycles. The van der Waals surface area contributed by atoms with Gasteiger partial charge in [0.15, 0.2) is 6.61 Å². The summed E-state index contributed by atoms with van der Waals surface area (Å²) in [7, 11) is 1.58. The van der Waals surface area contributed by atoms with Gasteiger partial charge >= 0.3 is 0 Å². The Hall–Kier alpha value is -1.91. The van der Waals surface area contributed by atoms with Crippen molar-refractivity contribution < 1.29 is 14.3 Å². The number of nitrogen functional groups attached to an aromatic ring is 1. The van der Waals surface area contributed by atoms with Gasteiger partial charge in [0, 0.05) is 12.1 Å². The number of hydrogen-bond acceptors (Lipinski definition) is 4. The third kappa shape index (κ3) is 4.85. The van der Waals surface area contributed by atoms with Crippen molar-refractivity contribution in [2.24, 2.45) is 0 Å². The molecule has 2 rings (SSSR count). The maximum Gasteiger partial charge on any atom is 0.258 e. The van der Waals surface area contributed by atoms with Crippen molar-refractivity contribution in [2.75, 3.05) is 19.5 Å². The third-order valence-electron chi connectivity index (χ3n) is 3.80. The second kappa shape index (κ2) is 7.76. The molecule has 1 aliphatic carbocycles. The second-order valence-electron chi connectivity index (χ2n) is 5.45. The fraction of sp³-hybridized carbons (Fsp3) is 0.562. The van der Waals surface area contributed by atoms with Gasteiger partial charge in [0.2, 0.25) is 0 Å². The number of benzene rings is 1. The van der Waals surface area contributed by atoms with E-state index < -0.39 is 0 Å². The normalized spacial score (nSPS) is 16.0. The monoisotopic (exact) mass is 292 g/mol. The number of nitrogens with two attached hydrogens (primary N) is 1. The van der Waals surface area contributed by atoms with Gasteiger partial charge in [0.1, 0.15) is 11.5 Å². The maximum atomic E-state index is 12.0. The Labute approximate surface area is 125 Å². The minimum atomic E-state index is -0.0934. The SMILES string of the molecule is COc1ccc(N)c(OCC(=O)NC2CCCCCC2)c1. The number of methoxy groups -OCH3 is 1. The molecule has 0 unspecified atom stereocenters. The van der Waals surface area contributed by atoms with E-state index in [9.17, 15) is 4.79 Å². The smallest absolute Gasteiger partial charge is 0.258 e. The zero-order valence-electron chi connectivity index (χ0n) is 12.6. The summed E-state index contributed by atoms with van der Waals surface area (Å²) in [6.45, 7) is -0.0200. The lowest BCUT2D eigenvalue weighted by atomic mass is 10.1. The molecule has 3 N–H and O–H groups in total. The van der Waals surface area contributed by atoms with E-state index in [1.54, 1.807) is 25.3 Å². The van der Waals surface area contributed by atoms with Crippen molar-refractivity contribution in [1.29, 1.82) is 0 Å². The van der Waals surface area contributed by atoms with Crippen molar-refractivity contribution in [3.8, 4) is 11.5 Å². The molecule has 1 fully saturated rings. The third-order valence-corrected chi connectivity index (χ3v) is 3.80. The minimum Gasteiger partial charge on any atom is -0.497 e. The number of rotatable bonds is 5. The van der Waals surface area contributed by atoms with E-state index in [0.29, 0.717) is 17.2 Å².